The Balaban J connectivity index is 2.95. The van der Waals surface area contributed by atoms with Gasteiger partial charge in [0.1, 0.15) is 0 Å². The van der Waals surface area contributed by atoms with E-state index in [1.807, 2.05) is 6.08 Å². The highest BCUT2D eigenvalue weighted by Gasteiger charge is 2.23. The molecule has 0 fully saturated rings. The maximum absolute atomic E-state index is 6.13. The predicted molar refractivity (Wildman–Crippen MR) is 102 cm³/mol. The largest absolute Gasteiger partial charge is 0.521 e. The number of rotatable bonds is 7. The van der Waals surface area contributed by atoms with Gasteiger partial charge in [0.25, 0.3) is 5.95 Å². The smallest absolute Gasteiger partial charge is 0.251 e. The first-order valence-electron chi connectivity index (χ1n) is 8.13. The van der Waals surface area contributed by atoms with E-state index in [2.05, 4.69) is 77.4 Å². The minimum Gasteiger partial charge on any atom is -0.521 e. The number of hydrogen-bond acceptors (Lipinski definition) is 2. The highest BCUT2D eigenvalue weighted by molar-refractivity contribution is 6.71. The molecule has 0 atom stereocenters. The summed E-state index contributed by atoms with van der Waals surface area (Å²) in [5.74, 6) is 1.37. The molecule has 0 radical (unpaired) electrons. The zero-order valence-electron chi connectivity index (χ0n) is 15.5. The third-order valence-electron chi connectivity index (χ3n) is 2.72. The molecule has 0 amide bonds. The second kappa shape index (κ2) is 7.51. The van der Waals surface area contributed by atoms with Gasteiger partial charge in [-0.15, -0.1) is 0 Å². The summed E-state index contributed by atoms with van der Waals surface area (Å²) >= 11 is 0. The summed E-state index contributed by atoms with van der Waals surface area (Å²) in [5, 5.41) is 0. The molecule has 4 heteroatoms. The normalized spacial score (nSPS) is 12.2. The number of benzene rings is 1. The highest BCUT2D eigenvalue weighted by atomic mass is 28.4. The lowest BCUT2D eigenvalue weighted by atomic mass is 10.0. The molecule has 0 N–H and O–H groups in total. The van der Waals surface area contributed by atoms with Crippen LogP contribution in [0.3, 0.4) is 0 Å². The van der Waals surface area contributed by atoms with Crippen LogP contribution >= 0.6 is 0 Å². The van der Waals surface area contributed by atoms with Crippen molar-refractivity contribution in [1.82, 2.24) is 0 Å². The molecule has 1 aromatic rings. The molecule has 0 unspecified atom stereocenters. The Kier molecular flexibility index (Phi) is 6.50. The standard InChI is InChI=1S/C18H32O2Si2/c1-15(2)13-16-9-11-17(12-10-16)14-18(19-21(3,4)5)20-22(6,7)8/h9-12,14-15H,13H2,1-8H3. The molecule has 2 nitrogen and oxygen atoms in total. The molecule has 0 spiro atoms. The average molecular weight is 337 g/mol. The second-order valence-corrected chi connectivity index (χ2v) is 17.1. The molecule has 1 aromatic carbocycles. The quantitative estimate of drug-likeness (QED) is 0.457. The molecule has 0 saturated heterocycles. The minimum atomic E-state index is -1.68. The van der Waals surface area contributed by atoms with Gasteiger partial charge in [0.05, 0.1) is 0 Å². The van der Waals surface area contributed by atoms with Gasteiger partial charge in [-0.05, 0) is 62.7 Å². The fourth-order valence-corrected chi connectivity index (χ4v) is 3.53. The van der Waals surface area contributed by atoms with Gasteiger partial charge in [-0.25, -0.2) is 0 Å². The SMILES string of the molecule is CC(C)Cc1ccc(C=C(O[Si](C)(C)C)O[Si](C)(C)C)cc1. The molecule has 0 aliphatic carbocycles. The molecule has 0 aliphatic heterocycles. The van der Waals surface area contributed by atoms with E-state index in [0.29, 0.717) is 11.9 Å². The molecule has 0 heterocycles. The van der Waals surface area contributed by atoms with Crippen molar-refractivity contribution in [2.45, 2.75) is 59.6 Å². The van der Waals surface area contributed by atoms with Crippen molar-refractivity contribution in [3.8, 4) is 0 Å². The summed E-state index contributed by atoms with van der Waals surface area (Å²) < 4.78 is 12.3. The van der Waals surface area contributed by atoms with Crippen LogP contribution in [-0.4, -0.2) is 16.6 Å². The monoisotopic (exact) mass is 336 g/mol. The Labute approximate surface area is 138 Å². The lowest BCUT2D eigenvalue weighted by Crippen LogP contribution is -2.31. The Hall–Kier alpha value is -1.01. The Morgan fingerprint density at radius 1 is 0.909 bits per heavy atom. The van der Waals surface area contributed by atoms with Crippen molar-refractivity contribution in [3.63, 3.8) is 0 Å². The predicted octanol–water partition coefficient (Wildman–Crippen LogP) is 5.89. The molecule has 0 bridgehead atoms. The van der Waals surface area contributed by atoms with Gasteiger partial charge >= 0.3 is 0 Å². The van der Waals surface area contributed by atoms with Gasteiger partial charge < -0.3 is 8.85 Å². The van der Waals surface area contributed by atoms with Gasteiger partial charge in [0.15, 0.2) is 0 Å². The molecule has 1 rings (SSSR count). The van der Waals surface area contributed by atoms with Crippen molar-refractivity contribution in [1.29, 1.82) is 0 Å². The van der Waals surface area contributed by atoms with Crippen LogP contribution < -0.4 is 0 Å². The van der Waals surface area contributed by atoms with Gasteiger partial charge in [-0.3, -0.25) is 0 Å². The minimum absolute atomic E-state index is 0.683. The first-order valence-corrected chi connectivity index (χ1v) is 14.9. The van der Waals surface area contributed by atoms with Crippen LogP contribution in [0.1, 0.15) is 25.0 Å². The Morgan fingerprint density at radius 3 is 1.73 bits per heavy atom. The van der Waals surface area contributed by atoms with E-state index in [9.17, 15) is 0 Å². The van der Waals surface area contributed by atoms with Crippen molar-refractivity contribution >= 4 is 22.7 Å². The van der Waals surface area contributed by atoms with E-state index >= 15 is 0 Å². The van der Waals surface area contributed by atoms with Crippen LogP contribution in [0.25, 0.3) is 6.08 Å². The molecular weight excluding hydrogens is 304 g/mol. The second-order valence-electron chi connectivity index (χ2n) is 8.23. The van der Waals surface area contributed by atoms with Crippen LogP contribution in [0.4, 0.5) is 0 Å². The van der Waals surface area contributed by atoms with Crippen LogP contribution in [-0.2, 0) is 15.3 Å². The maximum Gasteiger partial charge on any atom is 0.251 e. The first-order chi connectivity index (χ1) is 9.94. The van der Waals surface area contributed by atoms with Gasteiger partial charge in [0.2, 0.25) is 16.6 Å². The van der Waals surface area contributed by atoms with E-state index in [4.69, 9.17) is 8.85 Å². The summed E-state index contributed by atoms with van der Waals surface area (Å²) in [6.07, 6.45) is 3.16. The van der Waals surface area contributed by atoms with E-state index in [0.717, 1.165) is 12.0 Å². The fraction of sp³-hybridized carbons (Fsp3) is 0.556. The van der Waals surface area contributed by atoms with Crippen molar-refractivity contribution in [2.75, 3.05) is 0 Å². The number of hydrogen-bond donors (Lipinski definition) is 0. The lowest BCUT2D eigenvalue weighted by molar-refractivity contribution is 0.222. The van der Waals surface area contributed by atoms with Crippen LogP contribution in [0.5, 0.6) is 0 Å². The molecular formula is C18H32O2Si2. The Bertz CT molecular complexity index is 473. The average Bonchev–Trinajstić information content (AvgIpc) is 2.26. The van der Waals surface area contributed by atoms with Crippen LogP contribution in [0.15, 0.2) is 30.2 Å². The lowest BCUT2D eigenvalue weighted by Gasteiger charge is -2.27. The van der Waals surface area contributed by atoms with Crippen molar-refractivity contribution in [2.24, 2.45) is 5.92 Å². The molecule has 0 aliphatic rings. The fourth-order valence-electron chi connectivity index (χ4n) is 2.04. The maximum atomic E-state index is 6.13. The summed E-state index contributed by atoms with van der Waals surface area (Å²) in [6.45, 7) is 17.6. The summed E-state index contributed by atoms with van der Waals surface area (Å²) in [7, 11) is -3.36. The molecule has 0 aromatic heterocycles. The van der Waals surface area contributed by atoms with Gasteiger partial charge in [0, 0.05) is 6.08 Å². The molecule has 22 heavy (non-hydrogen) atoms. The topological polar surface area (TPSA) is 18.5 Å². The summed E-state index contributed by atoms with van der Waals surface area (Å²) in [6, 6.07) is 8.71. The van der Waals surface area contributed by atoms with Gasteiger partial charge in [-0.1, -0.05) is 38.1 Å². The Morgan fingerprint density at radius 2 is 1.36 bits per heavy atom. The summed E-state index contributed by atoms with van der Waals surface area (Å²) in [5.41, 5.74) is 2.52. The summed E-state index contributed by atoms with van der Waals surface area (Å²) in [4.78, 5) is 0. The van der Waals surface area contributed by atoms with E-state index in [1.54, 1.807) is 0 Å². The van der Waals surface area contributed by atoms with Crippen LogP contribution in [0, 0.1) is 5.92 Å². The van der Waals surface area contributed by atoms with Crippen molar-refractivity contribution in [3.05, 3.63) is 41.3 Å². The molecule has 124 valence electrons. The van der Waals surface area contributed by atoms with Crippen molar-refractivity contribution < 1.29 is 8.85 Å². The van der Waals surface area contributed by atoms with E-state index < -0.39 is 16.6 Å². The first kappa shape index (κ1) is 19.0. The molecule has 0 saturated carbocycles. The highest BCUT2D eigenvalue weighted by Crippen LogP contribution is 2.20. The van der Waals surface area contributed by atoms with Crippen LogP contribution in [0.2, 0.25) is 39.3 Å². The third kappa shape index (κ3) is 8.44. The zero-order chi connectivity index (χ0) is 17.0. The van der Waals surface area contributed by atoms with Gasteiger partial charge in [-0.2, -0.15) is 0 Å². The van der Waals surface area contributed by atoms with E-state index in [1.165, 1.54) is 5.56 Å². The third-order valence-corrected chi connectivity index (χ3v) is 4.35. The van der Waals surface area contributed by atoms with E-state index in [-0.39, 0.29) is 0 Å². The zero-order valence-corrected chi connectivity index (χ0v) is 17.5.